The van der Waals surface area contributed by atoms with Crippen molar-refractivity contribution in [2.45, 2.75) is 77.8 Å². The molecule has 0 aliphatic carbocycles. The second-order valence-electron chi connectivity index (χ2n) is 8.28. The third-order valence-corrected chi connectivity index (χ3v) is 5.84. The summed E-state index contributed by atoms with van der Waals surface area (Å²) >= 11 is 0. The van der Waals surface area contributed by atoms with Crippen molar-refractivity contribution >= 4 is 7.12 Å². The molecule has 2 aliphatic rings. The predicted octanol–water partition coefficient (Wildman–Crippen LogP) is 4.23. The summed E-state index contributed by atoms with van der Waals surface area (Å²) in [6.07, 6.45) is 3.33. The van der Waals surface area contributed by atoms with Gasteiger partial charge in [-0.05, 0) is 59.0 Å². The third-order valence-electron chi connectivity index (χ3n) is 5.84. The zero-order chi connectivity index (χ0) is 17.5. The topological polar surface area (TPSA) is 21.7 Å². The molecule has 24 heavy (non-hydrogen) atoms. The molecule has 1 fully saturated rings. The highest BCUT2D eigenvalue weighted by Gasteiger charge is 2.52. The maximum absolute atomic E-state index is 6.24. The normalized spacial score (nSPS) is 29.6. The summed E-state index contributed by atoms with van der Waals surface area (Å²) in [6.45, 7) is 14.0. The number of nitrogens with zero attached hydrogens (tertiary/aromatic N) is 1. The van der Waals surface area contributed by atoms with Crippen molar-refractivity contribution in [3.8, 4) is 0 Å². The number of benzene rings is 1. The van der Waals surface area contributed by atoms with Crippen LogP contribution < -0.4 is 0 Å². The Morgan fingerprint density at radius 2 is 1.62 bits per heavy atom. The minimum absolute atomic E-state index is 0.209. The lowest BCUT2D eigenvalue weighted by Gasteiger charge is -2.38. The molecule has 0 bridgehead atoms. The van der Waals surface area contributed by atoms with E-state index < -0.39 is 0 Å². The average Bonchev–Trinajstić information content (AvgIpc) is 2.72. The standard InChI is InChI=1S/C20H30BNO2/c1-15-12-18(21-23-19(3,4)20(5,6)24-21)13-16(2)22(15)14-17-10-8-7-9-11-17/h7-12,15-16H,13-14H2,1-6H3. The first-order chi connectivity index (χ1) is 11.2. The van der Waals surface area contributed by atoms with Crippen LogP contribution in [-0.4, -0.2) is 35.3 Å². The van der Waals surface area contributed by atoms with Gasteiger partial charge in [0.2, 0.25) is 0 Å². The van der Waals surface area contributed by atoms with Crippen LogP contribution in [0.2, 0.25) is 0 Å². The van der Waals surface area contributed by atoms with Crippen molar-refractivity contribution in [2.75, 3.05) is 0 Å². The summed E-state index contributed by atoms with van der Waals surface area (Å²) in [4.78, 5) is 2.55. The zero-order valence-electron chi connectivity index (χ0n) is 15.9. The van der Waals surface area contributed by atoms with Crippen LogP contribution in [0.5, 0.6) is 0 Å². The third kappa shape index (κ3) is 3.33. The molecule has 1 aromatic rings. The molecular formula is C20H30BNO2. The minimum Gasteiger partial charge on any atom is -0.400 e. The van der Waals surface area contributed by atoms with E-state index >= 15 is 0 Å². The van der Waals surface area contributed by atoms with Gasteiger partial charge in [0.15, 0.2) is 0 Å². The molecule has 0 radical (unpaired) electrons. The van der Waals surface area contributed by atoms with Gasteiger partial charge in [-0.25, -0.2) is 0 Å². The molecule has 1 saturated heterocycles. The molecule has 0 spiro atoms. The summed E-state index contributed by atoms with van der Waals surface area (Å²) in [5.41, 5.74) is 2.11. The van der Waals surface area contributed by atoms with E-state index in [4.69, 9.17) is 9.31 Å². The Morgan fingerprint density at radius 1 is 1.04 bits per heavy atom. The maximum atomic E-state index is 6.24. The highest BCUT2D eigenvalue weighted by atomic mass is 16.7. The van der Waals surface area contributed by atoms with Crippen molar-refractivity contribution < 1.29 is 9.31 Å². The SMILES string of the molecule is CC1C=C(B2OC(C)(C)C(C)(C)O2)CC(C)N1Cc1ccccc1. The van der Waals surface area contributed by atoms with E-state index in [1.54, 1.807) is 0 Å². The molecule has 0 saturated carbocycles. The summed E-state index contributed by atoms with van der Waals surface area (Å²) in [7, 11) is -0.209. The Kier molecular flexibility index (Phi) is 4.67. The Balaban J connectivity index is 1.74. The predicted molar refractivity (Wildman–Crippen MR) is 99.7 cm³/mol. The monoisotopic (exact) mass is 327 g/mol. The van der Waals surface area contributed by atoms with Gasteiger partial charge in [-0.1, -0.05) is 36.4 Å². The van der Waals surface area contributed by atoms with Gasteiger partial charge < -0.3 is 9.31 Å². The molecule has 3 rings (SSSR count). The highest BCUT2D eigenvalue weighted by Crippen LogP contribution is 2.40. The number of hydrogen-bond acceptors (Lipinski definition) is 3. The molecule has 4 heteroatoms. The molecule has 130 valence electrons. The molecule has 2 heterocycles. The van der Waals surface area contributed by atoms with E-state index in [-0.39, 0.29) is 18.3 Å². The second kappa shape index (κ2) is 6.32. The van der Waals surface area contributed by atoms with Crippen LogP contribution in [0.3, 0.4) is 0 Å². The van der Waals surface area contributed by atoms with Gasteiger partial charge in [0.1, 0.15) is 0 Å². The highest BCUT2D eigenvalue weighted by molar-refractivity contribution is 6.54. The fourth-order valence-corrected chi connectivity index (χ4v) is 3.60. The van der Waals surface area contributed by atoms with Crippen molar-refractivity contribution in [3.63, 3.8) is 0 Å². The van der Waals surface area contributed by atoms with Crippen LogP contribution in [0.1, 0.15) is 53.5 Å². The Morgan fingerprint density at radius 3 is 2.17 bits per heavy atom. The molecule has 3 nitrogen and oxygen atoms in total. The lowest BCUT2D eigenvalue weighted by atomic mass is 9.72. The molecule has 1 aromatic carbocycles. The first kappa shape index (κ1) is 17.7. The summed E-state index contributed by atoms with van der Waals surface area (Å²) in [5.74, 6) is 0. The van der Waals surface area contributed by atoms with Crippen LogP contribution in [0, 0.1) is 0 Å². The van der Waals surface area contributed by atoms with Gasteiger partial charge in [-0.3, -0.25) is 4.90 Å². The largest absolute Gasteiger partial charge is 0.490 e. The number of rotatable bonds is 3. The number of hydrogen-bond donors (Lipinski definition) is 0. The smallest absolute Gasteiger partial charge is 0.400 e. The van der Waals surface area contributed by atoms with Crippen molar-refractivity contribution in [2.24, 2.45) is 0 Å². The fourth-order valence-electron chi connectivity index (χ4n) is 3.60. The van der Waals surface area contributed by atoms with Gasteiger partial charge >= 0.3 is 7.12 Å². The Labute approximate surface area is 147 Å². The minimum atomic E-state index is -0.272. The summed E-state index contributed by atoms with van der Waals surface area (Å²) in [6, 6.07) is 11.5. The zero-order valence-corrected chi connectivity index (χ0v) is 15.9. The van der Waals surface area contributed by atoms with Crippen LogP contribution in [0.4, 0.5) is 0 Å². The Hall–Kier alpha value is -1.10. The van der Waals surface area contributed by atoms with E-state index in [1.165, 1.54) is 11.0 Å². The van der Waals surface area contributed by atoms with Crippen molar-refractivity contribution in [1.82, 2.24) is 4.90 Å². The fraction of sp³-hybridized carbons (Fsp3) is 0.600. The molecule has 2 unspecified atom stereocenters. The van der Waals surface area contributed by atoms with Crippen molar-refractivity contribution in [1.29, 1.82) is 0 Å². The molecule has 0 amide bonds. The van der Waals surface area contributed by atoms with E-state index in [0.29, 0.717) is 12.1 Å². The lowest BCUT2D eigenvalue weighted by Crippen LogP contribution is -2.44. The van der Waals surface area contributed by atoms with E-state index in [1.807, 2.05) is 0 Å². The van der Waals surface area contributed by atoms with Gasteiger partial charge in [-0.2, -0.15) is 0 Å². The van der Waals surface area contributed by atoms with E-state index in [2.05, 4.69) is 82.9 Å². The molecular weight excluding hydrogens is 297 g/mol. The van der Waals surface area contributed by atoms with E-state index in [0.717, 1.165) is 13.0 Å². The molecule has 0 N–H and O–H groups in total. The quantitative estimate of drug-likeness (QED) is 0.776. The molecule has 2 aliphatic heterocycles. The maximum Gasteiger partial charge on any atom is 0.490 e. The Bertz CT molecular complexity index is 595. The molecule has 0 aromatic heterocycles. The molecule has 2 atom stereocenters. The van der Waals surface area contributed by atoms with Gasteiger partial charge in [-0.15, -0.1) is 0 Å². The summed E-state index contributed by atoms with van der Waals surface area (Å²) in [5, 5.41) is 0. The second-order valence-corrected chi connectivity index (χ2v) is 8.28. The van der Waals surface area contributed by atoms with Gasteiger partial charge in [0, 0.05) is 18.6 Å². The van der Waals surface area contributed by atoms with Crippen LogP contribution in [-0.2, 0) is 15.9 Å². The first-order valence-corrected chi connectivity index (χ1v) is 9.05. The van der Waals surface area contributed by atoms with Crippen LogP contribution in [0.25, 0.3) is 0 Å². The first-order valence-electron chi connectivity index (χ1n) is 9.05. The van der Waals surface area contributed by atoms with Crippen LogP contribution in [0.15, 0.2) is 41.9 Å². The van der Waals surface area contributed by atoms with E-state index in [9.17, 15) is 0 Å². The van der Waals surface area contributed by atoms with Gasteiger partial charge in [0.05, 0.1) is 11.2 Å². The van der Waals surface area contributed by atoms with Crippen molar-refractivity contribution in [3.05, 3.63) is 47.4 Å². The summed E-state index contributed by atoms with van der Waals surface area (Å²) < 4.78 is 12.5. The van der Waals surface area contributed by atoms with Gasteiger partial charge in [0.25, 0.3) is 0 Å². The van der Waals surface area contributed by atoms with Crippen LogP contribution >= 0.6 is 0 Å². The average molecular weight is 327 g/mol. The lowest BCUT2D eigenvalue weighted by molar-refractivity contribution is 0.00578.